The van der Waals surface area contributed by atoms with Crippen molar-refractivity contribution in [1.29, 1.82) is 0 Å². The first-order valence-electron chi connectivity index (χ1n) is 6.12. The van der Waals surface area contributed by atoms with Crippen LogP contribution < -0.4 is 5.32 Å². The lowest BCUT2D eigenvalue weighted by molar-refractivity contribution is 0.309. The molecule has 3 heteroatoms. The highest BCUT2D eigenvalue weighted by Crippen LogP contribution is 2.35. The molecule has 90 valence electrons. The van der Waals surface area contributed by atoms with E-state index in [2.05, 4.69) is 47.4 Å². The Labute approximate surface area is 111 Å². The van der Waals surface area contributed by atoms with Crippen LogP contribution in [0, 0.1) is 11.8 Å². The van der Waals surface area contributed by atoms with Crippen molar-refractivity contribution in [1.82, 2.24) is 5.32 Å². The second kappa shape index (κ2) is 5.65. The predicted octanol–water partition coefficient (Wildman–Crippen LogP) is 4.08. The molecule has 0 aromatic carbocycles. The van der Waals surface area contributed by atoms with Crippen molar-refractivity contribution in [3.63, 3.8) is 0 Å². The second-order valence-corrected chi connectivity index (χ2v) is 7.42. The summed E-state index contributed by atoms with van der Waals surface area (Å²) in [5.74, 6) is 1.76. The van der Waals surface area contributed by atoms with E-state index < -0.39 is 0 Å². The smallest absolute Gasteiger partial charge is 0.0701 e. The number of rotatable bonds is 4. The van der Waals surface area contributed by atoms with Crippen LogP contribution in [0.2, 0.25) is 0 Å². The van der Waals surface area contributed by atoms with Crippen molar-refractivity contribution in [3.8, 4) is 0 Å². The summed E-state index contributed by atoms with van der Waals surface area (Å²) in [5, 5.41) is 3.52. The maximum Gasteiger partial charge on any atom is 0.0701 e. The fraction of sp³-hybridized carbons (Fsp3) is 0.692. The van der Waals surface area contributed by atoms with Gasteiger partial charge in [0, 0.05) is 10.9 Å². The van der Waals surface area contributed by atoms with Gasteiger partial charge in [-0.05, 0) is 59.8 Å². The van der Waals surface area contributed by atoms with E-state index in [4.69, 9.17) is 0 Å². The summed E-state index contributed by atoms with van der Waals surface area (Å²) in [6.45, 7) is 2.41. The van der Waals surface area contributed by atoms with Gasteiger partial charge in [0.15, 0.2) is 0 Å². The minimum atomic E-state index is 0.656. The molecule has 0 spiro atoms. The zero-order chi connectivity index (χ0) is 11.5. The number of halogens is 1. The van der Waals surface area contributed by atoms with Crippen molar-refractivity contribution in [2.24, 2.45) is 11.8 Å². The lowest BCUT2D eigenvalue weighted by Gasteiger charge is -2.26. The number of nitrogens with one attached hydrogen (secondary N) is 1. The van der Waals surface area contributed by atoms with Crippen molar-refractivity contribution in [3.05, 3.63) is 20.8 Å². The zero-order valence-corrected chi connectivity index (χ0v) is 12.4. The lowest BCUT2D eigenvalue weighted by atomic mass is 9.88. The summed E-state index contributed by atoms with van der Waals surface area (Å²) in [4.78, 5) is 1.49. The molecule has 0 radical (unpaired) electrons. The third-order valence-electron chi connectivity index (χ3n) is 3.87. The molecule has 1 aromatic rings. The summed E-state index contributed by atoms with van der Waals surface area (Å²) in [6, 6.07) is 5.06. The number of hydrogen-bond donors (Lipinski definition) is 1. The molecule has 0 bridgehead atoms. The Hall–Kier alpha value is 0.140. The summed E-state index contributed by atoms with van der Waals surface area (Å²) in [5.41, 5.74) is 0. The topological polar surface area (TPSA) is 12.0 Å². The van der Waals surface area contributed by atoms with E-state index in [1.54, 1.807) is 0 Å². The molecule has 1 aliphatic rings. The average molecular weight is 302 g/mol. The molecule has 2 rings (SSSR count). The van der Waals surface area contributed by atoms with Crippen LogP contribution >= 0.6 is 27.3 Å². The average Bonchev–Trinajstić information content (AvgIpc) is 2.84. The molecule has 0 saturated heterocycles. The number of thiophene rings is 1. The summed E-state index contributed by atoms with van der Waals surface area (Å²) in [7, 11) is 2.11. The lowest BCUT2D eigenvalue weighted by Crippen LogP contribution is -2.36. The van der Waals surface area contributed by atoms with Crippen LogP contribution in [0.25, 0.3) is 0 Å². The van der Waals surface area contributed by atoms with E-state index in [1.165, 1.54) is 34.3 Å². The van der Waals surface area contributed by atoms with Gasteiger partial charge < -0.3 is 5.32 Å². The molecule has 1 heterocycles. The third-order valence-corrected chi connectivity index (χ3v) is 5.51. The van der Waals surface area contributed by atoms with Crippen LogP contribution in [0.1, 0.15) is 31.1 Å². The second-order valence-electron chi connectivity index (χ2n) is 4.88. The molecule has 3 unspecified atom stereocenters. The van der Waals surface area contributed by atoms with Gasteiger partial charge in [0.1, 0.15) is 0 Å². The number of likely N-dealkylation sites (N-methyl/N-ethyl adjacent to an activating group) is 1. The van der Waals surface area contributed by atoms with E-state index in [0.29, 0.717) is 6.04 Å². The van der Waals surface area contributed by atoms with Gasteiger partial charge in [0.05, 0.1) is 3.79 Å². The fourth-order valence-corrected chi connectivity index (χ4v) is 4.46. The van der Waals surface area contributed by atoms with Gasteiger partial charge in [-0.15, -0.1) is 11.3 Å². The van der Waals surface area contributed by atoms with Crippen LogP contribution in [0.3, 0.4) is 0 Å². The standard InChI is InChI=1S/C13H20BrNS/c1-9-4-3-5-11(9)12(15-2)8-10-6-7-13(14)16-10/h6-7,9,11-12,15H,3-5,8H2,1-2H3. The Morgan fingerprint density at radius 1 is 1.50 bits per heavy atom. The van der Waals surface area contributed by atoms with Crippen molar-refractivity contribution >= 4 is 27.3 Å². The molecule has 1 aromatic heterocycles. The summed E-state index contributed by atoms with van der Waals surface area (Å²) >= 11 is 5.41. The van der Waals surface area contributed by atoms with Gasteiger partial charge in [0.25, 0.3) is 0 Å². The first kappa shape index (κ1) is 12.6. The molecule has 1 aliphatic carbocycles. The Kier molecular flexibility index (Phi) is 4.45. The molecule has 1 fully saturated rings. The molecule has 3 atom stereocenters. The molecule has 0 amide bonds. The Morgan fingerprint density at radius 3 is 2.81 bits per heavy atom. The Bertz CT molecular complexity index is 336. The van der Waals surface area contributed by atoms with E-state index in [0.717, 1.165) is 11.8 Å². The normalized spacial score (nSPS) is 27.2. The predicted molar refractivity (Wildman–Crippen MR) is 75.1 cm³/mol. The van der Waals surface area contributed by atoms with Crippen molar-refractivity contribution in [2.45, 2.75) is 38.6 Å². The highest BCUT2D eigenvalue weighted by Gasteiger charge is 2.30. The fourth-order valence-electron chi connectivity index (χ4n) is 2.92. The zero-order valence-electron chi connectivity index (χ0n) is 10.0. The van der Waals surface area contributed by atoms with E-state index in [-0.39, 0.29) is 0 Å². The summed E-state index contributed by atoms with van der Waals surface area (Å²) < 4.78 is 1.25. The molecular formula is C13H20BrNS. The van der Waals surface area contributed by atoms with Crippen LogP contribution in [0.5, 0.6) is 0 Å². The molecule has 16 heavy (non-hydrogen) atoms. The van der Waals surface area contributed by atoms with Crippen molar-refractivity contribution < 1.29 is 0 Å². The molecule has 1 N–H and O–H groups in total. The van der Waals surface area contributed by atoms with Crippen LogP contribution in [-0.2, 0) is 6.42 Å². The maximum absolute atomic E-state index is 3.54. The van der Waals surface area contributed by atoms with Gasteiger partial charge in [-0.3, -0.25) is 0 Å². The Balaban J connectivity index is 2.00. The van der Waals surface area contributed by atoms with Gasteiger partial charge >= 0.3 is 0 Å². The van der Waals surface area contributed by atoms with E-state index in [1.807, 2.05) is 11.3 Å². The minimum Gasteiger partial charge on any atom is -0.316 e. The monoisotopic (exact) mass is 301 g/mol. The first-order chi connectivity index (χ1) is 7.70. The molecule has 0 aliphatic heterocycles. The number of hydrogen-bond acceptors (Lipinski definition) is 2. The summed E-state index contributed by atoms with van der Waals surface area (Å²) in [6.07, 6.45) is 5.41. The van der Waals surface area contributed by atoms with Gasteiger partial charge in [0.2, 0.25) is 0 Å². The van der Waals surface area contributed by atoms with Crippen LogP contribution in [-0.4, -0.2) is 13.1 Å². The third kappa shape index (κ3) is 2.88. The van der Waals surface area contributed by atoms with Crippen LogP contribution in [0.4, 0.5) is 0 Å². The Morgan fingerprint density at radius 2 is 2.31 bits per heavy atom. The highest BCUT2D eigenvalue weighted by molar-refractivity contribution is 9.11. The maximum atomic E-state index is 3.54. The first-order valence-corrected chi connectivity index (χ1v) is 7.73. The quantitative estimate of drug-likeness (QED) is 0.884. The van der Waals surface area contributed by atoms with E-state index >= 15 is 0 Å². The highest BCUT2D eigenvalue weighted by atomic mass is 79.9. The van der Waals surface area contributed by atoms with Gasteiger partial charge in [-0.1, -0.05) is 19.8 Å². The molecule has 1 nitrogen and oxygen atoms in total. The molecule has 1 saturated carbocycles. The SMILES string of the molecule is CNC(Cc1ccc(Br)s1)C1CCCC1C. The largest absolute Gasteiger partial charge is 0.316 e. The van der Waals surface area contributed by atoms with Crippen LogP contribution in [0.15, 0.2) is 15.9 Å². The van der Waals surface area contributed by atoms with Gasteiger partial charge in [-0.25, -0.2) is 0 Å². The molecular weight excluding hydrogens is 282 g/mol. The van der Waals surface area contributed by atoms with Gasteiger partial charge in [-0.2, -0.15) is 0 Å². The van der Waals surface area contributed by atoms with E-state index in [9.17, 15) is 0 Å². The van der Waals surface area contributed by atoms with Crippen molar-refractivity contribution in [2.75, 3.05) is 7.05 Å². The minimum absolute atomic E-state index is 0.656.